The van der Waals surface area contributed by atoms with Crippen LogP contribution in [0, 0.1) is 0 Å². The average molecular weight is 218 g/mol. The maximum atomic E-state index is 11.5. The lowest BCUT2D eigenvalue weighted by molar-refractivity contribution is -0.114. The van der Waals surface area contributed by atoms with Gasteiger partial charge in [-0.2, -0.15) is 5.10 Å². The predicted molar refractivity (Wildman–Crippen MR) is 62.2 cm³/mol. The van der Waals surface area contributed by atoms with Crippen LogP contribution in [0.1, 0.15) is 19.3 Å². The molecule has 0 aliphatic carbocycles. The van der Waals surface area contributed by atoms with Crippen LogP contribution in [0.2, 0.25) is 0 Å². The largest absolute Gasteiger partial charge is 0.351 e. The van der Waals surface area contributed by atoms with Crippen LogP contribution in [0.5, 0.6) is 0 Å². The monoisotopic (exact) mass is 218 g/mol. The summed E-state index contributed by atoms with van der Waals surface area (Å²) in [5.41, 5.74) is 3.33. The number of pyridine rings is 1. The number of hydrazone groups is 1. The van der Waals surface area contributed by atoms with E-state index in [9.17, 15) is 4.79 Å². The molecule has 2 N–H and O–H groups in total. The van der Waals surface area contributed by atoms with E-state index >= 15 is 0 Å². The number of nitrogens with one attached hydrogen (secondary N) is 2. The molecule has 16 heavy (non-hydrogen) atoms. The van der Waals surface area contributed by atoms with Crippen LogP contribution in [0.15, 0.2) is 29.5 Å². The van der Waals surface area contributed by atoms with E-state index in [2.05, 4.69) is 20.8 Å². The van der Waals surface area contributed by atoms with Crippen molar-refractivity contribution in [2.75, 3.05) is 12.0 Å². The second-order valence-corrected chi connectivity index (χ2v) is 3.60. The van der Waals surface area contributed by atoms with Gasteiger partial charge < -0.3 is 5.32 Å². The Balaban J connectivity index is 2.03. The molecule has 1 aliphatic heterocycles. The third kappa shape index (κ3) is 2.79. The molecule has 1 aliphatic rings. The molecule has 1 aromatic rings. The molecule has 0 spiro atoms. The maximum absolute atomic E-state index is 11.5. The van der Waals surface area contributed by atoms with Crippen molar-refractivity contribution in [3.63, 3.8) is 0 Å². The van der Waals surface area contributed by atoms with Crippen LogP contribution < -0.4 is 10.7 Å². The second-order valence-electron chi connectivity index (χ2n) is 3.60. The molecule has 84 valence electrons. The van der Waals surface area contributed by atoms with Gasteiger partial charge in [-0.05, 0) is 31.4 Å². The van der Waals surface area contributed by atoms with Crippen LogP contribution in [0.25, 0.3) is 0 Å². The van der Waals surface area contributed by atoms with Gasteiger partial charge in [0.15, 0.2) is 0 Å². The second kappa shape index (κ2) is 5.25. The molecule has 1 saturated heterocycles. The smallest absolute Gasteiger partial charge is 0.267 e. The Kier molecular flexibility index (Phi) is 3.48. The number of amides is 1. The molecule has 0 unspecified atom stereocenters. The Hall–Kier alpha value is -1.91. The molecule has 1 fully saturated rings. The van der Waals surface area contributed by atoms with Gasteiger partial charge in [0.1, 0.15) is 11.5 Å². The first kappa shape index (κ1) is 10.6. The van der Waals surface area contributed by atoms with Crippen LogP contribution >= 0.6 is 0 Å². The van der Waals surface area contributed by atoms with Gasteiger partial charge in [-0.25, -0.2) is 4.98 Å². The fraction of sp³-hybridized carbons (Fsp3) is 0.364. The summed E-state index contributed by atoms with van der Waals surface area (Å²) >= 11 is 0. The van der Waals surface area contributed by atoms with Gasteiger partial charge in [0.05, 0.1) is 0 Å². The molecule has 2 heterocycles. The Morgan fingerprint density at radius 2 is 2.31 bits per heavy atom. The summed E-state index contributed by atoms with van der Waals surface area (Å²) in [6.45, 7) is 0.738. The molecule has 2 rings (SSSR count). The number of carbonyl (C=O) groups excluding carboxylic acids is 1. The zero-order chi connectivity index (χ0) is 11.2. The average Bonchev–Trinajstić information content (AvgIpc) is 2.53. The quantitative estimate of drug-likeness (QED) is 0.732. The molecule has 1 amide bonds. The minimum absolute atomic E-state index is 0.0825. The molecule has 0 bridgehead atoms. The fourth-order valence-corrected chi connectivity index (χ4v) is 1.50. The zero-order valence-electron chi connectivity index (χ0n) is 8.94. The zero-order valence-corrected chi connectivity index (χ0v) is 8.94. The van der Waals surface area contributed by atoms with Crippen molar-refractivity contribution < 1.29 is 4.79 Å². The van der Waals surface area contributed by atoms with Crippen LogP contribution in [-0.2, 0) is 4.79 Å². The van der Waals surface area contributed by atoms with E-state index in [0.29, 0.717) is 18.0 Å². The lowest BCUT2D eigenvalue weighted by atomic mass is 10.2. The van der Waals surface area contributed by atoms with Gasteiger partial charge in [-0.15, -0.1) is 0 Å². The van der Waals surface area contributed by atoms with Crippen LogP contribution in [0.4, 0.5) is 5.82 Å². The lowest BCUT2D eigenvalue weighted by Crippen LogP contribution is -2.29. The first-order chi connectivity index (χ1) is 7.86. The van der Waals surface area contributed by atoms with Gasteiger partial charge in [-0.3, -0.25) is 10.2 Å². The van der Waals surface area contributed by atoms with Crippen molar-refractivity contribution in [3.8, 4) is 0 Å². The highest BCUT2D eigenvalue weighted by Crippen LogP contribution is 2.04. The van der Waals surface area contributed by atoms with E-state index in [1.165, 1.54) is 0 Å². The molecule has 0 radical (unpaired) electrons. The topological polar surface area (TPSA) is 66.4 Å². The third-order valence-electron chi connectivity index (χ3n) is 2.36. The SMILES string of the molecule is O=C1NCCCCC1=NNc1ccccn1. The standard InChI is InChI=1S/C11H14N4O/c16-11-9(5-1-3-8-13-11)14-15-10-6-2-4-7-12-10/h2,4,6-7H,1,3,5,8H2,(H,12,15)(H,13,16). The number of hydrogen-bond acceptors (Lipinski definition) is 4. The summed E-state index contributed by atoms with van der Waals surface area (Å²) < 4.78 is 0. The van der Waals surface area contributed by atoms with Crippen molar-refractivity contribution in [3.05, 3.63) is 24.4 Å². The van der Waals surface area contributed by atoms with Gasteiger partial charge in [-0.1, -0.05) is 6.07 Å². The van der Waals surface area contributed by atoms with E-state index in [1.54, 1.807) is 12.3 Å². The highest BCUT2D eigenvalue weighted by molar-refractivity contribution is 6.39. The molecular weight excluding hydrogens is 204 g/mol. The summed E-state index contributed by atoms with van der Waals surface area (Å²) in [4.78, 5) is 15.6. The minimum atomic E-state index is -0.0825. The number of aromatic nitrogens is 1. The van der Waals surface area contributed by atoms with E-state index in [1.807, 2.05) is 12.1 Å². The maximum Gasteiger partial charge on any atom is 0.267 e. The van der Waals surface area contributed by atoms with Gasteiger partial charge >= 0.3 is 0 Å². The van der Waals surface area contributed by atoms with Crippen molar-refractivity contribution in [2.24, 2.45) is 5.10 Å². The fourth-order valence-electron chi connectivity index (χ4n) is 1.50. The number of nitrogens with zero attached hydrogens (tertiary/aromatic N) is 2. The number of carbonyl (C=O) groups is 1. The molecule has 5 nitrogen and oxygen atoms in total. The number of hydrogen-bond donors (Lipinski definition) is 2. The Morgan fingerprint density at radius 3 is 3.12 bits per heavy atom. The molecular formula is C11H14N4O. The highest BCUT2D eigenvalue weighted by Gasteiger charge is 2.14. The van der Waals surface area contributed by atoms with Crippen molar-refractivity contribution in [1.82, 2.24) is 10.3 Å². The van der Waals surface area contributed by atoms with Gasteiger partial charge in [0.25, 0.3) is 5.91 Å². The molecule has 0 atom stereocenters. The summed E-state index contributed by atoms with van der Waals surface area (Å²) in [7, 11) is 0. The van der Waals surface area contributed by atoms with E-state index in [-0.39, 0.29) is 5.91 Å². The first-order valence-corrected chi connectivity index (χ1v) is 5.38. The van der Waals surface area contributed by atoms with E-state index in [4.69, 9.17) is 0 Å². The summed E-state index contributed by atoms with van der Waals surface area (Å²) in [6, 6.07) is 5.50. The summed E-state index contributed by atoms with van der Waals surface area (Å²) in [5.74, 6) is 0.563. The molecule has 5 heteroatoms. The Morgan fingerprint density at radius 1 is 1.38 bits per heavy atom. The third-order valence-corrected chi connectivity index (χ3v) is 2.36. The van der Waals surface area contributed by atoms with Gasteiger partial charge in [0.2, 0.25) is 0 Å². The lowest BCUT2D eigenvalue weighted by Gasteiger charge is -2.02. The Bertz CT molecular complexity index is 388. The van der Waals surface area contributed by atoms with Crippen molar-refractivity contribution >= 4 is 17.4 Å². The normalized spacial score (nSPS) is 19.0. The summed E-state index contributed by atoms with van der Waals surface area (Å²) in [6.07, 6.45) is 4.39. The first-order valence-electron chi connectivity index (χ1n) is 5.38. The van der Waals surface area contributed by atoms with E-state index < -0.39 is 0 Å². The van der Waals surface area contributed by atoms with Gasteiger partial charge in [0, 0.05) is 12.7 Å². The Labute approximate surface area is 94.0 Å². The minimum Gasteiger partial charge on any atom is -0.351 e. The number of rotatable bonds is 2. The summed E-state index contributed by atoms with van der Waals surface area (Å²) in [5, 5.41) is 6.89. The molecule has 1 aromatic heterocycles. The molecule has 0 aromatic carbocycles. The van der Waals surface area contributed by atoms with E-state index in [0.717, 1.165) is 19.4 Å². The van der Waals surface area contributed by atoms with Crippen LogP contribution in [0.3, 0.4) is 0 Å². The van der Waals surface area contributed by atoms with Crippen molar-refractivity contribution in [2.45, 2.75) is 19.3 Å². The highest BCUT2D eigenvalue weighted by atomic mass is 16.1. The predicted octanol–water partition coefficient (Wildman–Crippen LogP) is 1.15. The van der Waals surface area contributed by atoms with Crippen molar-refractivity contribution in [1.29, 1.82) is 0 Å². The van der Waals surface area contributed by atoms with Crippen LogP contribution in [-0.4, -0.2) is 23.1 Å². The number of anilines is 1. The molecule has 0 saturated carbocycles.